The van der Waals surface area contributed by atoms with E-state index >= 15 is 0 Å². The molecule has 0 heterocycles. The van der Waals surface area contributed by atoms with E-state index in [9.17, 15) is 10.1 Å². The summed E-state index contributed by atoms with van der Waals surface area (Å²) in [6.45, 7) is 4.15. The average Bonchev–Trinajstić information content (AvgIpc) is 2.35. The maximum atomic E-state index is 10.7. The second kappa shape index (κ2) is 6.08. The molecule has 1 N–H and O–H groups in total. The molecule has 17 heavy (non-hydrogen) atoms. The van der Waals surface area contributed by atoms with Crippen LogP contribution in [0.15, 0.2) is 18.2 Å². The van der Waals surface area contributed by atoms with E-state index in [4.69, 9.17) is 4.74 Å². The van der Waals surface area contributed by atoms with E-state index in [1.165, 1.54) is 12.1 Å². The standard InChI is InChI=1S/C12H18N2O3/c1-4-9(5-2)13-11-8-10(14(15)16)6-7-12(11)17-3/h6-9,13H,4-5H2,1-3H3. The minimum absolute atomic E-state index is 0.0688. The molecular weight excluding hydrogens is 220 g/mol. The summed E-state index contributed by atoms with van der Waals surface area (Å²) in [4.78, 5) is 10.3. The zero-order chi connectivity index (χ0) is 12.8. The van der Waals surface area contributed by atoms with Crippen molar-refractivity contribution in [3.8, 4) is 5.75 Å². The third kappa shape index (κ3) is 3.34. The van der Waals surface area contributed by atoms with Gasteiger partial charge >= 0.3 is 0 Å². The lowest BCUT2D eigenvalue weighted by Crippen LogP contribution is -2.17. The minimum Gasteiger partial charge on any atom is -0.495 e. The summed E-state index contributed by atoms with van der Waals surface area (Å²) >= 11 is 0. The lowest BCUT2D eigenvalue weighted by atomic mass is 10.1. The van der Waals surface area contributed by atoms with Crippen molar-refractivity contribution in [2.24, 2.45) is 0 Å². The van der Waals surface area contributed by atoms with Crippen LogP contribution in [-0.4, -0.2) is 18.1 Å². The predicted octanol–water partition coefficient (Wildman–Crippen LogP) is 3.20. The fourth-order valence-electron chi connectivity index (χ4n) is 1.64. The van der Waals surface area contributed by atoms with Crippen LogP contribution in [0.5, 0.6) is 5.75 Å². The normalized spacial score (nSPS) is 10.4. The summed E-state index contributed by atoms with van der Waals surface area (Å²) in [7, 11) is 1.55. The van der Waals surface area contributed by atoms with Crippen molar-refractivity contribution in [3.05, 3.63) is 28.3 Å². The van der Waals surface area contributed by atoms with Gasteiger partial charge in [-0.25, -0.2) is 0 Å². The number of rotatable bonds is 6. The Kier molecular flexibility index (Phi) is 4.75. The number of non-ortho nitro benzene ring substituents is 1. The number of nitro benzene ring substituents is 1. The zero-order valence-electron chi connectivity index (χ0n) is 10.4. The number of nitrogens with zero attached hydrogens (tertiary/aromatic N) is 1. The second-order valence-corrected chi connectivity index (χ2v) is 3.80. The molecule has 0 bridgehead atoms. The van der Waals surface area contributed by atoms with Gasteiger partial charge in [0.1, 0.15) is 5.75 Å². The highest BCUT2D eigenvalue weighted by molar-refractivity contribution is 5.62. The SMILES string of the molecule is CCC(CC)Nc1cc([N+](=O)[O-])ccc1OC. The molecule has 0 radical (unpaired) electrons. The highest BCUT2D eigenvalue weighted by atomic mass is 16.6. The Labute approximate surface area is 101 Å². The van der Waals surface area contributed by atoms with Gasteiger partial charge in [-0.05, 0) is 18.9 Å². The van der Waals surface area contributed by atoms with Gasteiger partial charge in [0.15, 0.2) is 0 Å². The number of anilines is 1. The smallest absolute Gasteiger partial charge is 0.271 e. The quantitative estimate of drug-likeness (QED) is 0.610. The Morgan fingerprint density at radius 3 is 2.53 bits per heavy atom. The Morgan fingerprint density at radius 1 is 1.41 bits per heavy atom. The van der Waals surface area contributed by atoms with Crippen molar-refractivity contribution in [2.75, 3.05) is 12.4 Å². The number of ether oxygens (including phenoxy) is 1. The first-order chi connectivity index (χ1) is 8.12. The van der Waals surface area contributed by atoms with Crippen molar-refractivity contribution < 1.29 is 9.66 Å². The molecule has 5 nitrogen and oxygen atoms in total. The van der Waals surface area contributed by atoms with Crippen molar-refractivity contribution in [1.82, 2.24) is 0 Å². The van der Waals surface area contributed by atoms with Crippen LogP contribution in [0, 0.1) is 10.1 Å². The molecule has 0 saturated heterocycles. The van der Waals surface area contributed by atoms with E-state index in [1.807, 2.05) is 0 Å². The largest absolute Gasteiger partial charge is 0.495 e. The summed E-state index contributed by atoms with van der Waals surface area (Å²) in [5.41, 5.74) is 0.745. The Bertz CT molecular complexity index is 389. The van der Waals surface area contributed by atoms with Gasteiger partial charge in [0.2, 0.25) is 0 Å². The molecule has 1 rings (SSSR count). The second-order valence-electron chi connectivity index (χ2n) is 3.80. The van der Waals surface area contributed by atoms with E-state index in [2.05, 4.69) is 19.2 Å². The van der Waals surface area contributed by atoms with E-state index in [-0.39, 0.29) is 5.69 Å². The fourth-order valence-corrected chi connectivity index (χ4v) is 1.64. The molecule has 0 saturated carbocycles. The fraction of sp³-hybridized carbons (Fsp3) is 0.500. The molecule has 0 spiro atoms. The van der Waals surface area contributed by atoms with Gasteiger partial charge < -0.3 is 10.1 Å². The lowest BCUT2D eigenvalue weighted by molar-refractivity contribution is -0.384. The minimum atomic E-state index is -0.405. The van der Waals surface area contributed by atoms with Crippen molar-refractivity contribution in [2.45, 2.75) is 32.7 Å². The third-order valence-corrected chi connectivity index (χ3v) is 2.74. The molecule has 0 aliphatic carbocycles. The monoisotopic (exact) mass is 238 g/mol. The number of hydrogen-bond donors (Lipinski definition) is 1. The highest BCUT2D eigenvalue weighted by Gasteiger charge is 2.13. The number of nitro groups is 1. The lowest BCUT2D eigenvalue weighted by Gasteiger charge is -2.18. The number of nitrogens with one attached hydrogen (secondary N) is 1. The van der Waals surface area contributed by atoms with Gasteiger partial charge in [0.25, 0.3) is 5.69 Å². The van der Waals surface area contributed by atoms with E-state index < -0.39 is 4.92 Å². The van der Waals surface area contributed by atoms with Crippen molar-refractivity contribution >= 4 is 11.4 Å². The topological polar surface area (TPSA) is 64.4 Å². The van der Waals surface area contributed by atoms with Gasteiger partial charge in [-0.3, -0.25) is 10.1 Å². The number of hydrogen-bond acceptors (Lipinski definition) is 4. The van der Waals surface area contributed by atoms with Crippen LogP contribution in [0.1, 0.15) is 26.7 Å². The first-order valence-corrected chi connectivity index (χ1v) is 5.71. The molecule has 0 aliphatic rings. The van der Waals surface area contributed by atoms with E-state index in [0.29, 0.717) is 17.5 Å². The molecule has 0 amide bonds. The molecule has 94 valence electrons. The van der Waals surface area contributed by atoms with Crippen LogP contribution in [0.3, 0.4) is 0 Å². The molecule has 1 aromatic carbocycles. The van der Waals surface area contributed by atoms with E-state index in [0.717, 1.165) is 12.8 Å². The predicted molar refractivity (Wildman–Crippen MR) is 67.6 cm³/mol. The van der Waals surface area contributed by atoms with Gasteiger partial charge in [-0.1, -0.05) is 13.8 Å². The van der Waals surface area contributed by atoms with Crippen LogP contribution in [0.25, 0.3) is 0 Å². The number of methoxy groups -OCH3 is 1. The van der Waals surface area contributed by atoms with Crippen LogP contribution < -0.4 is 10.1 Å². The summed E-state index contributed by atoms with van der Waals surface area (Å²) < 4.78 is 5.18. The van der Waals surface area contributed by atoms with Crippen LogP contribution in [0.2, 0.25) is 0 Å². The summed E-state index contributed by atoms with van der Waals surface area (Å²) in [5.74, 6) is 0.627. The molecular formula is C12H18N2O3. The first kappa shape index (κ1) is 13.3. The molecule has 1 aromatic rings. The van der Waals surface area contributed by atoms with Crippen LogP contribution >= 0.6 is 0 Å². The molecule has 0 atom stereocenters. The molecule has 5 heteroatoms. The average molecular weight is 238 g/mol. The van der Waals surface area contributed by atoms with Crippen molar-refractivity contribution in [1.29, 1.82) is 0 Å². The van der Waals surface area contributed by atoms with Crippen LogP contribution in [0.4, 0.5) is 11.4 Å². The summed E-state index contributed by atoms with van der Waals surface area (Å²) in [6.07, 6.45) is 1.92. The van der Waals surface area contributed by atoms with Gasteiger partial charge in [-0.2, -0.15) is 0 Å². The maximum absolute atomic E-state index is 10.7. The first-order valence-electron chi connectivity index (χ1n) is 5.71. The Balaban J connectivity index is 3.01. The van der Waals surface area contributed by atoms with Gasteiger partial charge in [-0.15, -0.1) is 0 Å². The molecule has 0 aromatic heterocycles. The highest BCUT2D eigenvalue weighted by Crippen LogP contribution is 2.29. The van der Waals surface area contributed by atoms with Crippen LogP contribution in [-0.2, 0) is 0 Å². The molecule has 0 unspecified atom stereocenters. The number of benzene rings is 1. The Hall–Kier alpha value is -1.78. The molecule has 0 aliphatic heterocycles. The maximum Gasteiger partial charge on any atom is 0.271 e. The van der Waals surface area contributed by atoms with Crippen molar-refractivity contribution in [3.63, 3.8) is 0 Å². The summed E-state index contributed by atoms with van der Waals surface area (Å²) in [6, 6.07) is 4.86. The summed E-state index contributed by atoms with van der Waals surface area (Å²) in [5, 5.41) is 14.0. The zero-order valence-corrected chi connectivity index (χ0v) is 10.4. The van der Waals surface area contributed by atoms with E-state index in [1.54, 1.807) is 13.2 Å². The van der Waals surface area contributed by atoms with Gasteiger partial charge in [0, 0.05) is 18.2 Å². The third-order valence-electron chi connectivity index (χ3n) is 2.74. The molecule has 0 fully saturated rings. The Morgan fingerprint density at radius 2 is 2.06 bits per heavy atom. The van der Waals surface area contributed by atoms with Gasteiger partial charge in [0.05, 0.1) is 17.7 Å².